The second kappa shape index (κ2) is 12.3. The largest absolute Gasteiger partial charge is 0.356 e. The van der Waals surface area contributed by atoms with Crippen LogP contribution in [0.15, 0.2) is 27.2 Å². The first-order valence-corrected chi connectivity index (χ1v) is 6.90. The number of halogens is 1. The summed E-state index contributed by atoms with van der Waals surface area (Å²) in [6.07, 6.45) is 6.32. The van der Waals surface area contributed by atoms with Gasteiger partial charge in [-0.05, 0) is 6.92 Å². The topological polar surface area (TPSA) is 78.2 Å². The molecule has 1 amide bonds. The molecule has 0 unspecified atom stereocenters. The highest BCUT2D eigenvalue weighted by Gasteiger charge is 2.17. The van der Waals surface area contributed by atoms with Gasteiger partial charge in [-0.25, -0.2) is 0 Å². The Morgan fingerprint density at radius 3 is 2.75 bits per heavy atom. The monoisotopic (exact) mass is 299 g/mol. The van der Waals surface area contributed by atoms with E-state index in [1.165, 1.54) is 0 Å². The van der Waals surface area contributed by atoms with Crippen LogP contribution in [-0.4, -0.2) is 50.2 Å². The van der Waals surface area contributed by atoms with E-state index in [0.717, 1.165) is 0 Å². The summed E-state index contributed by atoms with van der Waals surface area (Å²) in [7, 11) is 1.61. The zero-order chi connectivity index (χ0) is 15.2. The van der Waals surface area contributed by atoms with Crippen LogP contribution in [0.2, 0.25) is 0 Å². The van der Waals surface area contributed by atoms with Crippen molar-refractivity contribution in [2.75, 3.05) is 19.5 Å². The van der Waals surface area contributed by atoms with Gasteiger partial charge in [0.05, 0.1) is 6.42 Å². The number of amidine groups is 1. The van der Waals surface area contributed by atoms with E-state index in [-0.39, 0.29) is 12.3 Å². The van der Waals surface area contributed by atoms with E-state index in [9.17, 15) is 4.79 Å². The molecule has 0 saturated carbocycles. The lowest BCUT2D eigenvalue weighted by Crippen LogP contribution is -2.35. The van der Waals surface area contributed by atoms with Gasteiger partial charge in [0.2, 0.25) is 5.91 Å². The van der Waals surface area contributed by atoms with Gasteiger partial charge in [0.25, 0.3) is 0 Å². The van der Waals surface area contributed by atoms with Crippen molar-refractivity contribution in [3.8, 4) is 0 Å². The first-order chi connectivity index (χ1) is 9.69. The standard InChI is InChI=1S/C13H22ClN5O/c1-4-17-12(20)10-11(13(15-2)19-16-3)18-9-7-5-6-8-14/h5-6,9,11H,3-4,7-8,10H2,1-2H3,(H,15,19)(H,17,20)/b6-5-,18-9?/t11-/m0/s1. The Hall–Kier alpha value is -1.69. The molecule has 0 bridgehead atoms. The van der Waals surface area contributed by atoms with Crippen LogP contribution < -0.4 is 10.7 Å². The van der Waals surface area contributed by atoms with Crippen LogP contribution in [0.5, 0.6) is 0 Å². The molecule has 0 aliphatic rings. The lowest BCUT2D eigenvalue weighted by atomic mass is 10.2. The van der Waals surface area contributed by atoms with E-state index in [1.807, 2.05) is 19.1 Å². The molecule has 0 aliphatic heterocycles. The van der Waals surface area contributed by atoms with E-state index in [0.29, 0.717) is 24.7 Å². The molecule has 0 aromatic rings. The highest BCUT2D eigenvalue weighted by molar-refractivity contribution is 6.18. The summed E-state index contributed by atoms with van der Waals surface area (Å²) in [5.74, 6) is 0.890. The molecule has 7 heteroatoms. The van der Waals surface area contributed by atoms with Crippen molar-refractivity contribution in [2.24, 2.45) is 15.1 Å². The number of carbonyl (C=O) groups excluding carboxylic acids is 1. The number of allylic oxidation sites excluding steroid dienone is 2. The predicted octanol–water partition coefficient (Wildman–Crippen LogP) is 1.37. The van der Waals surface area contributed by atoms with Crippen LogP contribution in [-0.2, 0) is 4.79 Å². The van der Waals surface area contributed by atoms with Crippen molar-refractivity contribution in [3.05, 3.63) is 12.2 Å². The summed E-state index contributed by atoms with van der Waals surface area (Å²) in [6, 6.07) is -0.401. The van der Waals surface area contributed by atoms with Crippen molar-refractivity contribution in [3.63, 3.8) is 0 Å². The Bertz CT molecular complexity index is 379. The molecule has 0 saturated heterocycles. The van der Waals surface area contributed by atoms with Gasteiger partial charge >= 0.3 is 0 Å². The number of hydrogen-bond donors (Lipinski definition) is 2. The minimum Gasteiger partial charge on any atom is -0.356 e. The number of carbonyl (C=O) groups is 1. The van der Waals surface area contributed by atoms with Crippen molar-refractivity contribution in [2.45, 2.75) is 25.8 Å². The molecule has 2 N–H and O–H groups in total. The summed E-state index contributed by atoms with van der Waals surface area (Å²) in [5.41, 5.74) is 2.66. The van der Waals surface area contributed by atoms with Gasteiger partial charge < -0.3 is 5.32 Å². The fraction of sp³-hybridized carbons (Fsp3) is 0.538. The first-order valence-electron chi connectivity index (χ1n) is 6.37. The minimum absolute atomic E-state index is 0.0852. The average Bonchev–Trinajstić information content (AvgIpc) is 2.43. The Labute approximate surface area is 125 Å². The molecule has 0 aromatic carbocycles. The third-order valence-corrected chi connectivity index (χ3v) is 2.46. The van der Waals surface area contributed by atoms with Crippen LogP contribution in [0.1, 0.15) is 19.8 Å². The quantitative estimate of drug-likeness (QED) is 0.222. The number of nitrogens with zero attached hydrogens (tertiary/aromatic N) is 3. The van der Waals surface area contributed by atoms with Crippen LogP contribution in [0.4, 0.5) is 0 Å². The van der Waals surface area contributed by atoms with Crippen LogP contribution in [0.3, 0.4) is 0 Å². The van der Waals surface area contributed by atoms with Crippen molar-refractivity contribution in [1.29, 1.82) is 0 Å². The third kappa shape index (κ3) is 8.42. The molecular formula is C13H22ClN5O. The highest BCUT2D eigenvalue weighted by Crippen LogP contribution is 2.01. The second-order valence-corrected chi connectivity index (χ2v) is 4.05. The van der Waals surface area contributed by atoms with Gasteiger partial charge in [-0.15, -0.1) is 11.6 Å². The molecule has 0 aromatic heterocycles. The van der Waals surface area contributed by atoms with Gasteiger partial charge in [-0.3, -0.25) is 20.2 Å². The van der Waals surface area contributed by atoms with Gasteiger partial charge in [0.15, 0.2) is 0 Å². The molecule has 0 spiro atoms. The van der Waals surface area contributed by atoms with E-state index >= 15 is 0 Å². The van der Waals surface area contributed by atoms with Gasteiger partial charge in [-0.1, -0.05) is 12.2 Å². The number of rotatable bonds is 9. The van der Waals surface area contributed by atoms with E-state index < -0.39 is 6.04 Å². The highest BCUT2D eigenvalue weighted by atomic mass is 35.5. The Balaban J connectivity index is 4.72. The van der Waals surface area contributed by atoms with E-state index in [2.05, 4.69) is 32.5 Å². The SMILES string of the molecule is C=NNC(=NC)[C@H](CC(=O)NCC)N=CC/C=C\CCl. The molecule has 0 rings (SSSR count). The fourth-order valence-corrected chi connectivity index (χ4v) is 1.55. The zero-order valence-electron chi connectivity index (χ0n) is 12.0. The molecule has 0 radical (unpaired) electrons. The smallest absolute Gasteiger partial charge is 0.222 e. The first kappa shape index (κ1) is 18.3. The normalized spacial score (nSPS) is 13.7. The predicted molar refractivity (Wildman–Crippen MR) is 86.1 cm³/mol. The van der Waals surface area contributed by atoms with E-state index in [4.69, 9.17) is 11.6 Å². The number of alkyl halides is 1. The fourth-order valence-electron chi connectivity index (χ4n) is 1.43. The van der Waals surface area contributed by atoms with Gasteiger partial charge in [-0.2, -0.15) is 5.10 Å². The van der Waals surface area contributed by atoms with Crippen LogP contribution >= 0.6 is 11.6 Å². The van der Waals surface area contributed by atoms with Crippen LogP contribution in [0.25, 0.3) is 0 Å². The molecule has 112 valence electrons. The number of nitrogens with one attached hydrogen (secondary N) is 2. The van der Waals surface area contributed by atoms with Crippen molar-refractivity contribution < 1.29 is 4.79 Å². The Morgan fingerprint density at radius 1 is 1.45 bits per heavy atom. The van der Waals surface area contributed by atoms with Crippen molar-refractivity contribution >= 4 is 36.3 Å². The maximum absolute atomic E-state index is 11.7. The third-order valence-electron chi connectivity index (χ3n) is 2.29. The number of hydrogen-bond acceptors (Lipinski definition) is 4. The molecule has 20 heavy (non-hydrogen) atoms. The summed E-state index contributed by atoms with van der Waals surface area (Å²) >= 11 is 5.53. The van der Waals surface area contributed by atoms with E-state index in [1.54, 1.807) is 13.3 Å². The summed E-state index contributed by atoms with van der Waals surface area (Å²) < 4.78 is 0. The summed E-state index contributed by atoms with van der Waals surface area (Å²) in [4.78, 5) is 20.1. The lowest BCUT2D eigenvalue weighted by molar-refractivity contribution is -0.121. The van der Waals surface area contributed by atoms with Crippen molar-refractivity contribution in [1.82, 2.24) is 10.7 Å². The molecule has 6 nitrogen and oxygen atoms in total. The Kier molecular flexibility index (Phi) is 11.3. The second-order valence-electron chi connectivity index (χ2n) is 3.75. The minimum atomic E-state index is -0.401. The summed E-state index contributed by atoms with van der Waals surface area (Å²) in [6.45, 7) is 5.80. The summed E-state index contributed by atoms with van der Waals surface area (Å²) in [5, 5.41) is 6.31. The van der Waals surface area contributed by atoms with Gasteiger partial charge in [0, 0.05) is 38.8 Å². The lowest BCUT2D eigenvalue weighted by Gasteiger charge is -2.13. The molecule has 0 fully saturated rings. The Morgan fingerprint density at radius 2 is 2.20 bits per heavy atom. The van der Waals surface area contributed by atoms with Crippen LogP contribution in [0, 0.1) is 0 Å². The molecular weight excluding hydrogens is 278 g/mol. The molecule has 1 atom stereocenters. The molecule has 0 aliphatic carbocycles. The maximum Gasteiger partial charge on any atom is 0.222 e. The number of hydrazone groups is 1. The average molecular weight is 300 g/mol. The van der Waals surface area contributed by atoms with Gasteiger partial charge in [0.1, 0.15) is 11.9 Å². The number of aliphatic imine (C=N–C) groups is 2. The maximum atomic E-state index is 11.7. The zero-order valence-corrected chi connectivity index (χ0v) is 12.7. The molecule has 0 heterocycles. The number of amides is 1.